The molecule has 1 heterocycles. The molecule has 114 valence electrons. The average molecular weight is 350 g/mol. The zero-order valence-corrected chi connectivity index (χ0v) is 14.9. The molecule has 1 N–H and O–H groups in total. The van der Waals surface area contributed by atoms with Gasteiger partial charge in [0.25, 0.3) is 0 Å². The molecule has 0 spiro atoms. The molecule has 3 nitrogen and oxygen atoms in total. The molecule has 0 aliphatic heterocycles. The minimum absolute atomic E-state index is 0.419. The van der Waals surface area contributed by atoms with E-state index in [9.17, 15) is 0 Å². The smallest absolute Gasteiger partial charge is 0.0738 e. The van der Waals surface area contributed by atoms with E-state index in [1.165, 1.54) is 16.8 Å². The van der Waals surface area contributed by atoms with Crippen LogP contribution in [0.15, 0.2) is 28.7 Å². The van der Waals surface area contributed by atoms with Gasteiger partial charge in [0.1, 0.15) is 0 Å². The van der Waals surface area contributed by atoms with Crippen molar-refractivity contribution >= 4 is 15.9 Å². The molecule has 0 bridgehead atoms. The van der Waals surface area contributed by atoms with Crippen LogP contribution >= 0.6 is 15.9 Å². The van der Waals surface area contributed by atoms with Gasteiger partial charge in [0, 0.05) is 19.5 Å². The van der Waals surface area contributed by atoms with Crippen LogP contribution in [0.5, 0.6) is 0 Å². The highest BCUT2D eigenvalue weighted by molar-refractivity contribution is 9.10. The van der Waals surface area contributed by atoms with Crippen molar-refractivity contribution in [2.75, 3.05) is 6.54 Å². The molecule has 1 aromatic heterocycles. The number of aryl methyl sites for hydroxylation is 3. The molecular weight excluding hydrogens is 326 g/mol. The van der Waals surface area contributed by atoms with Crippen LogP contribution in [0.4, 0.5) is 0 Å². The van der Waals surface area contributed by atoms with Gasteiger partial charge in [-0.15, -0.1) is 0 Å². The number of likely N-dealkylation sites (N-methyl/N-ethyl adjacent to an activating group) is 1. The fourth-order valence-corrected chi connectivity index (χ4v) is 3.26. The summed E-state index contributed by atoms with van der Waals surface area (Å²) in [6, 6.07) is 9.18. The molecule has 4 heteroatoms. The molecule has 0 aliphatic rings. The first-order valence-corrected chi connectivity index (χ1v) is 8.27. The Balaban J connectivity index is 2.15. The van der Waals surface area contributed by atoms with E-state index in [-0.39, 0.29) is 0 Å². The molecule has 1 atom stereocenters. The second-order valence-electron chi connectivity index (χ2n) is 5.62. The number of nitrogens with zero attached hydrogens (tertiary/aromatic N) is 2. The maximum Gasteiger partial charge on any atom is 0.0738 e. The van der Waals surface area contributed by atoms with Gasteiger partial charge in [0.2, 0.25) is 0 Å². The minimum Gasteiger partial charge on any atom is -0.314 e. The maximum atomic E-state index is 4.49. The van der Waals surface area contributed by atoms with E-state index >= 15 is 0 Å². The number of benzene rings is 1. The number of rotatable bonds is 6. The molecule has 1 unspecified atom stereocenters. The standard InChI is InChI=1S/C17H24BrN3/c1-5-19-15(10-14-8-6-7-12(2)9-14)11-16-17(18)13(3)20-21(16)4/h6-9,15,19H,5,10-11H2,1-4H3. The van der Waals surface area contributed by atoms with Gasteiger partial charge in [0.05, 0.1) is 15.9 Å². The highest BCUT2D eigenvalue weighted by Crippen LogP contribution is 2.22. The summed E-state index contributed by atoms with van der Waals surface area (Å²) in [6.07, 6.45) is 2.01. The van der Waals surface area contributed by atoms with E-state index in [1.54, 1.807) is 0 Å². The SMILES string of the molecule is CCNC(Cc1cccc(C)c1)Cc1c(Br)c(C)nn1C. The molecule has 2 aromatic rings. The summed E-state index contributed by atoms with van der Waals surface area (Å²) in [6.45, 7) is 7.32. The average Bonchev–Trinajstić information content (AvgIpc) is 2.66. The van der Waals surface area contributed by atoms with E-state index in [2.05, 4.69) is 64.5 Å². The lowest BCUT2D eigenvalue weighted by Crippen LogP contribution is -2.33. The van der Waals surface area contributed by atoms with Crippen molar-refractivity contribution in [2.45, 2.75) is 39.7 Å². The predicted octanol–water partition coefficient (Wildman–Crippen LogP) is 3.56. The molecule has 0 radical (unpaired) electrons. The Morgan fingerprint density at radius 1 is 1.29 bits per heavy atom. The zero-order chi connectivity index (χ0) is 15.4. The second kappa shape index (κ2) is 7.23. The van der Waals surface area contributed by atoms with E-state index in [1.807, 2.05) is 18.7 Å². The van der Waals surface area contributed by atoms with Crippen LogP contribution < -0.4 is 5.32 Å². The number of aromatic nitrogens is 2. The van der Waals surface area contributed by atoms with E-state index in [0.717, 1.165) is 29.6 Å². The Labute approximate surface area is 135 Å². The van der Waals surface area contributed by atoms with Gasteiger partial charge >= 0.3 is 0 Å². The van der Waals surface area contributed by atoms with E-state index in [0.29, 0.717) is 6.04 Å². The lowest BCUT2D eigenvalue weighted by Gasteiger charge is -2.19. The highest BCUT2D eigenvalue weighted by atomic mass is 79.9. The third-order valence-corrected chi connectivity index (χ3v) is 4.79. The number of nitrogens with one attached hydrogen (secondary N) is 1. The molecule has 0 aliphatic carbocycles. The molecule has 0 saturated heterocycles. The fourth-order valence-electron chi connectivity index (χ4n) is 2.76. The summed E-state index contributed by atoms with van der Waals surface area (Å²) < 4.78 is 3.12. The quantitative estimate of drug-likeness (QED) is 0.863. The van der Waals surface area contributed by atoms with Crippen LogP contribution in [0, 0.1) is 13.8 Å². The van der Waals surface area contributed by atoms with Crippen molar-refractivity contribution in [2.24, 2.45) is 7.05 Å². The van der Waals surface area contributed by atoms with Crippen LogP contribution in [-0.4, -0.2) is 22.4 Å². The Hall–Kier alpha value is -1.13. The third-order valence-electron chi connectivity index (χ3n) is 3.76. The minimum atomic E-state index is 0.419. The first-order valence-electron chi connectivity index (χ1n) is 7.48. The predicted molar refractivity (Wildman–Crippen MR) is 91.7 cm³/mol. The maximum absolute atomic E-state index is 4.49. The Kier molecular flexibility index (Phi) is 5.59. The van der Waals surface area contributed by atoms with Crippen molar-refractivity contribution in [3.05, 3.63) is 51.3 Å². The van der Waals surface area contributed by atoms with Crippen molar-refractivity contribution in [3.8, 4) is 0 Å². The van der Waals surface area contributed by atoms with E-state index < -0.39 is 0 Å². The summed E-state index contributed by atoms with van der Waals surface area (Å²) >= 11 is 3.67. The summed E-state index contributed by atoms with van der Waals surface area (Å²) in [5.74, 6) is 0. The van der Waals surface area contributed by atoms with Gasteiger partial charge in [-0.05, 0) is 48.3 Å². The van der Waals surface area contributed by atoms with Gasteiger partial charge in [-0.25, -0.2) is 0 Å². The molecule has 0 saturated carbocycles. The van der Waals surface area contributed by atoms with Gasteiger partial charge < -0.3 is 5.32 Å². The normalized spacial score (nSPS) is 12.6. The summed E-state index contributed by atoms with van der Waals surface area (Å²) in [5.41, 5.74) is 5.01. The molecule has 1 aromatic carbocycles. The van der Waals surface area contributed by atoms with Crippen molar-refractivity contribution in [1.82, 2.24) is 15.1 Å². The van der Waals surface area contributed by atoms with Crippen LogP contribution in [0.2, 0.25) is 0 Å². The lowest BCUT2D eigenvalue weighted by atomic mass is 10.00. The lowest BCUT2D eigenvalue weighted by molar-refractivity contribution is 0.503. The summed E-state index contributed by atoms with van der Waals surface area (Å²) in [7, 11) is 2.02. The van der Waals surface area contributed by atoms with Crippen molar-refractivity contribution in [1.29, 1.82) is 0 Å². The monoisotopic (exact) mass is 349 g/mol. The van der Waals surface area contributed by atoms with Gasteiger partial charge in [-0.3, -0.25) is 4.68 Å². The van der Waals surface area contributed by atoms with Gasteiger partial charge in [-0.2, -0.15) is 5.10 Å². The van der Waals surface area contributed by atoms with Crippen LogP contribution in [-0.2, 0) is 19.9 Å². The van der Waals surface area contributed by atoms with Crippen molar-refractivity contribution < 1.29 is 0 Å². The topological polar surface area (TPSA) is 29.9 Å². The zero-order valence-electron chi connectivity index (χ0n) is 13.3. The van der Waals surface area contributed by atoms with Crippen LogP contribution in [0.1, 0.15) is 29.4 Å². The highest BCUT2D eigenvalue weighted by Gasteiger charge is 2.16. The Bertz CT molecular complexity index is 604. The number of halogens is 1. The number of hydrogen-bond acceptors (Lipinski definition) is 2. The Morgan fingerprint density at radius 2 is 2.05 bits per heavy atom. The fraction of sp³-hybridized carbons (Fsp3) is 0.471. The Morgan fingerprint density at radius 3 is 2.62 bits per heavy atom. The van der Waals surface area contributed by atoms with Crippen molar-refractivity contribution in [3.63, 3.8) is 0 Å². The number of hydrogen-bond donors (Lipinski definition) is 1. The molecule has 21 heavy (non-hydrogen) atoms. The molecule has 2 rings (SSSR count). The first kappa shape index (κ1) is 16.2. The molecular formula is C17H24BrN3. The summed E-state index contributed by atoms with van der Waals surface area (Å²) in [5, 5.41) is 8.09. The van der Waals surface area contributed by atoms with Gasteiger partial charge in [-0.1, -0.05) is 36.8 Å². The first-order chi connectivity index (χ1) is 10.0. The van der Waals surface area contributed by atoms with E-state index in [4.69, 9.17) is 0 Å². The van der Waals surface area contributed by atoms with Gasteiger partial charge in [0.15, 0.2) is 0 Å². The third kappa shape index (κ3) is 4.17. The summed E-state index contributed by atoms with van der Waals surface area (Å²) in [4.78, 5) is 0. The molecule has 0 fully saturated rings. The second-order valence-corrected chi connectivity index (χ2v) is 6.41. The van der Waals surface area contributed by atoms with Crippen LogP contribution in [0.3, 0.4) is 0 Å². The molecule has 0 amide bonds. The van der Waals surface area contributed by atoms with Crippen LogP contribution in [0.25, 0.3) is 0 Å². The largest absolute Gasteiger partial charge is 0.314 e.